The Morgan fingerprint density at radius 2 is 1.86 bits per heavy atom. The average Bonchev–Trinajstić information content (AvgIpc) is 2.42. The molecule has 0 aliphatic heterocycles. The van der Waals surface area contributed by atoms with Gasteiger partial charge in [-0.15, -0.1) is 0 Å². The van der Waals surface area contributed by atoms with Gasteiger partial charge in [-0.1, -0.05) is 0 Å². The monoisotopic (exact) mass is 295 g/mol. The third-order valence-corrected chi connectivity index (χ3v) is 3.34. The molecule has 1 aromatic carbocycles. The van der Waals surface area contributed by atoms with Crippen LogP contribution in [0, 0.1) is 10.1 Å². The minimum Gasteiger partial charge on any atom is -0.492 e. The first-order valence-electron chi connectivity index (χ1n) is 7.21. The van der Waals surface area contributed by atoms with Crippen molar-refractivity contribution >= 4 is 11.4 Å². The number of nitro benzene ring substituents is 1. The number of nitrogens with zero attached hydrogens (tertiary/aromatic N) is 2. The quantitative estimate of drug-likeness (QED) is 0.589. The van der Waals surface area contributed by atoms with Crippen LogP contribution >= 0.6 is 0 Å². The van der Waals surface area contributed by atoms with Crippen LogP contribution in [0.15, 0.2) is 18.2 Å². The molecule has 1 rings (SSSR count). The van der Waals surface area contributed by atoms with Gasteiger partial charge in [-0.3, -0.25) is 15.0 Å². The Bertz CT molecular complexity index is 467. The molecule has 6 nitrogen and oxygen atoms in total. The third-order valence-electron chi connectivity index (χ3n) is 3.34. The van der Waals surface area contributed by atoms with E-state index in [0.717, 1.165) is 6.54 Å². The standard InChI is InChI=1S/C15H25N3O3/c1-11(2)17(12(3)4)6-7-21-15-9-13(16-5)8-14(10-15)18(19)20/h8-12,16H,6-7H2,1-5H3. The van der Waals surface area contributed by atoms with E-state index in [0.29, 0.717) is 30.1 Å². The first-order valence-corrected chi connectivity index (χ1v) is 7.21. The molecule has 0 saturated heterocycles. The maximum atomic E-state index is 10.9. The van der Waals surface area contributed by atoms with Crippen LogP contribution in [0.1, 0.15) is 27.7 Å². The molecule has 0 amide bonds. The zero-order valence-electron chi connectivity index (χ0n) is 13.4. The van der Waals surface area contributed by atoms with Crippen molar-refractivity contribution in [1.29, 1.82) is 0 Å². The zero-order valence-corrected chi connectivity index (χ0v) is 13.4. The second-order valence-corrected chi connectivity index (χ2v) is 5.50. The molecule has 0 fully saturated rings. The van der Waals surface area contributed by atoms with E-state index in [1.54, 1.807) is 13.1 Å². The largest absolute Gasteiger partial charge is 0.492 e. The molecule has 0 unspecified atom stereocenters. The van der Waals surface area contributed by atoms with E-state index >= 15 is 0 Å². The molecule has 0 radical (unpaired) electrons. The molecule has 118 valence electrons. The minimum atomic E-state index is -0.414. The number of hydrogen-bond donors (Lipinski definition) is 1. The minimum absolute atomic E-state index is 0.0291. The van der Waals surface area contributed by atoms with Crippen LogP contribution < -0.4 is 10.1 Å². The van der Waals surface area contributed by atoms with Crippen LogP contribution in [0.25, 0.3) is 0 Å². The van der Waals surface area contributed by atoms with Gasteiger partial charge in [0.15, 0.2) is 0 Å². The smallest absolute Gasteiger partial charge is 0.275 e. The van der Waals surface area contributed by atoms with E-state index in [9.17, 15) is 10.1 Å². The summed E-state index contributed by atoms with van der Waals surface area (Å²) in [5.74, 6) is 0.515. The van der Waals surface area contributed by atoms with E-state index in [1.807, 2.05) is 0 Å². The van der Waals surface area contributed by atoms with Gasteiger partial charge in [0.2, 0.25) is 0 Å². The topological polar surface area (TPSA) is 67.6 Å². The maximum Gasteiger partial charge on any atom is 0.275 e. The van der Waals surface area contributed by atoms with E-state index in [2.05, 4.69) is 37.9 Å². The SMILES string of the molecule is CNc1cc(OCCN(C(C)C)C(C)C)cc([N+](=O)[O-])c1. The van der Waals surface area contributed by atoms with Crippen molar-refractivity contribution in [1.82, 2.24) is 4.90 Å². The molecule has 0 atom stereocenters. The van der Waals surface area contributed by atoms with Crippen molar-refractivity contribution in [3.63, 3.8) is 0 Å². The number of anilines is 1. The van der Waals surface area contributed by atoms with Crippen LogP contribution in [-0.4, -0.2) is 42.1 Å². The van der Waals surface area contributed by atoms with Gasteiger partial charge in [-0.25, -0.2) is 0 Å². The Morgan fingerprint density at radius 1 is 1.24 bits per heavy atom. The highest BCUT2D eigenvalue weighted by Gasteiger charge is 2.14. The Balaban J connectivity index is 2.70. The normalized spacial score (nSPS) is 11.2. The molecule has 0 bridgehead atoms. The second kappa shape index (κ2) is 7.83. The summed E-state index contributed by atoms with van der Waals surface area (Å²) >= 11 is 0. The molecule has 1 N–H and O–H groups in total. The van der Waals surface area contributed by atoms with E-state index in [-0.39, 0.29) is 5.69 Å². The fraction of sp³-hybridized carbons (Fsp3) is 0.600. The molecule has 0 spiro atoms. The summed E-state index contributed by atoms with van der Waals surface area (Å²) in [6.07, 6.45) is 0. The molecule has 21 heavy (non-hydrogen) atoms. The number of hydrogen-bond acceptors (Lipinski definition) is 5. The van der Waals surface area contributed by atoms with Crippen LogP contribution in [0.5, 0.6) is 5.75 Å². The predicted molar refractivity (Wildman–Crippen MR) is 85.1 cm³/mol. The fourth-order valence-corrected chi connectivity index (χ4v) is 2.30. The van der Waals surface area contributed by atoms with Gasteiger partial charge in [0, 0.05) is 43.5 Å². The van der Waals surface area contributed by atoms with Crippen molar-refractivity contribution in [2.24, 2.45) is 0 Å². The summed E-state index contributed by atoms with van der Waals surface area (Å²) in [6.45, 7) is 9.87. The Hall–Kier alpha value is -1.82. The molecular formula is C15H25N3O3. The maximum absolute atomic E-state index is 10.9. The fourth-order valence-electron chi connectivity index (χ4n) is 2.30. The highest BCUT2D eigenvalue weighted by Crippen LogP contribution is 2.25. The summed E-state index contributed by atoms with van der Waals surface area (Å²) in [5, 5.41) is 13.8. The van der Waals surface area contributed by atoms with E-state index < -0.39 is 4.92 Å². The van der Waals surface area contributed by atoms with Gasteiger partial charge in [0.1, 0.15) is 12.4 Å². The van der Waals surface area contributed by atoms with Crippen molar-refractivity contribution in [3.8, 4) is 5.75 Å². The summed E-state index contributed by atoms with van der Waals surface area (Å²) in [4.78, 5) is 12.8. The number of nitro groups is 1. The first kappa shape index (κ1) is 17.2. The first-order chi connectivity index (χ1) is 9.85. The number of ether oxygens (including phenoxy) is 1. The molecule has 0 aliphatic rings. The molecule has 1 aromatic rings. The lowest BCUT2D eigenvalue weighted by molar-refractivity contribution is -0.384. The summed E-state index contributed by atoms with van der Waals surface area (Å²) in [5.41, 5.74) is 0.699. The molecule has 0 aromatic heterocycles. The number of benzene rings is 1. The highest BCUT2D eigenvalue weighted by atomic mass is 16.6. The molecule has 0 aliphatic carbocycles. The second-order valence-electron chi connectivity index (χ2n) is 5.50. The molecule has 6 heteroatoms. The predicted octanol–water partition coefficient (Wildman–Crippen LogP) is 3.13. The van der Waals surface area contributed by atoms with Crippen molar-refractivity contribution in [2.45, 2.75) is 39.8 Å². The van der Waals surface area contributed by atoms with E-state index in [1.165, 1.54) is 12.1 Å². The van der Waals surface area contributed by atoms with Gasteiger partial charge in [-0.05, 0) is 27.7 Å². The van der Waals surface area contributed by atoms with Crippen LogP contribution in [0.3, 0.4) is 0 Å². The van der Waals surface area contributed by atoms with Crippen LogP contribution in [-0.2, 0) is 0 Å². The Kier molecular flexibility index (Phi) is 6.42. The number of non-ortho nitro benzene ring substituents is 1. The zero-order chi connectivity index (χ0) is 16.0. The van der Waals surface area contributed by atoms with Gasteiger partial charge in [0.05, 0.1) is 11.0 Å². The molecule has 0 heterocycles. The molecular weight excluding hydrogens is 270 g/mol. The number of nitrogens with one attached hydrogen (secondary N) is 1. The summed E-state index contributed by atoms with van der Waals surface area (Å²) < 4.78 is 5.68. The van der Waals surface area contributed by atoms with Crippen molar-refractivity contribution in [2.75, 3.05) is 25.5 Å². The van der Waals surface area contributed by atoms with Gasteiger partial charge in [0.25, 0.3) is 5.69 Å². The Morgan fingerprint density at radius 3 is 2.33 bits per heavy atom. The lowest BCUT2D eigenvalue weighted by atomic mass is 10.2. The van der Waals surface area contributed by atoms with Crippen LogP contribution in [0.4, 0.5) is 11.4 Å². The number of rotatable bonds is 8. The summed E-state index contributed by atoms with van der Waals surface area (Å²) in [6, 6.07) is 5.58. The van der Waals surface area contributed by atoms with Crippen molar-refractivity contribution in [3.05, 3.63) is 28.3 Å². The highest BCUT2D eigenvalue weighted by molar-refractivity contribution is 5.56. The van der Waals surface area contributed by atoms with Gasteiger partial charge < -0.3 is 10.1 Å². The van der Waals surface area contributed by atoms with Gasteiger partial charge in [-0.2, -0.15) is 0 Å². The van der Waals surface area contributed by atoms with E-state index in [4.69, 9.17) is 4.74 Å². The lowest BCUT2D eigenvalue weighted by Crippen LogP contribution is -2.39. The lowest BCUT2D eigenvalue weighted by Gasteiger charge is -2.30. The van der Waals surface area contributed by atoms with Crippen LogP contribution in [0.2, 0.25) is 0 Å². The third kappa shape index (κ3) is 5.23. The Labute approximate surface area is 126 Å². The summed E-state index contributed by atoms with van der Waals surface area (Å²) in [7, 11) is 1.72. The van der Waals surface area contributed by atoms with Gasteiger partial charge >= 0.3 is 0 Å². The van der Waals surface area contributed by atoms with Crippen molar-refractivity contribution < 1.29 is 9.66 Å². The molecule has 0 saturated carbocycles. The average molecular weight is 295 g/mol.